The van der Waals surface area contributed by atoms with Gasteiger partial charge in [0.1, 0.15) is 0 Å². The van der Waals surface area contributed by atoms with Crippen LogP contribution in [-0.2, 0) is 0 Å². The topological polar surface area (TPSA) is 41.3 Å². The predicted octanol–water partition coefficient (Wildman–Crippen LogP) is 3.14. The van der Waals surface area contributed by atoms with E-state index in [1.54, 1.807) is 0 Å². The lowest BCUT2D eigenvalue weighted by atomic mass is 10.0. The molecule has 1 saturated heterocycles. The van der Waals surface area contributed by atoms with Crippen molar-refractivity contribution in [2.45, 2.75) is 37.8 Å². The Morgan fingerprint density at radius 3 is 2.68 bits per heavy atom. The monoisotopic (exact) mass is 335 g/mol. The zero-order valence-corrected chi connectivity index (χ0v) is 15.1. The standard InChI is InChI=1S/C22H29N3/c1-16-3-2-4-19(13-16)17-5-7-18(8-6-17)21-14-22(21)24-10-12-25-11-9-20(23)15-25/h2-8,13,20-22,24H,9-12,14-15,23H2,1H3/t20-,21?,22+/m1/s1. The molecule has 1 saturated carbocycles. The highest BCUT2D eigenvalue weighted by Crippen LogP contribution is 2.41. The third kappa shape index (κ3) is 4.12. The highest BCUT2D eigenvalue weighted by molar-refractivity contribution is 5.64. The van der Waals surface area contributed by atoms with Crippen LogP contribution in [0, 0.1) is 6.92 Å². The predicted molar refractivity (Wildman–Crippen MR) is 105 cm³/mol. The number of nitrogens with zero attached hydrogens (tertiary/aromatic N) is 1. The summed E-state index contributed by atoms with van der Waals surface area (Å²) in [5.41, 5.74) is 11.4. The second-order valence-electron chi connectivity index (χ2n) is 7.74. The summed E-state index contributed by atoms with van der Waals surface area (Å²) >= 11 is 0. The summed E-state index contributed by atoms with van der Waals surface area (Å²) in [4.78, 5) is 2.48. The number of benzene rings is 2. The van der Waals surface area contributed by atoms with E-state index in [1.165, 1.54) is 28.7 Å². The van der Waals surface area contributed by atoms with E-state index in [4.69, 9.17) is 5.73 Å². The molecule has 0 amide bonds. The number of nitrogens with one attached hydrogen (secondary N) is 1. The minimum atomic E-state index is 0.389. The van der Waals surface area contributed by atoms with Crippen molar-refractivity contribution in [2.75, 3.05) is 26.2 Å². The molecule has 2 aromatic rings. The van der Waals surface area contributed by atoms with Crippen molar-refractivity contribution in [1.29, 1.82) is 0 Å². The second-order valence-corrected chi connectivity index (χ2v) is 7.74. The maximum Gasteiger partial charge on any atom is 0.0180 e. The average molecular weight is 335 g/mol. The van der Waals surface area contributed by atoms with E-state index >= 15 is 0 Å². The lowest BCUT2D eigenvalue weighted by Gasteiger charge is -2.15. The smallest absolute Gasteiger partial charge is 0.0180 e. The third-order valence-corrected chi connectivity index (χ3v) is 5.62. The summed E-state index contributed by atoms with van der Waals surface area (Å²) in [5.74, 6) is 0.687. The quantitative estimate of drug-likeness (QED) is 0.852. The van der Waals surface area contributed by atoms with Crippen LogP contribution in [-0.4, -0.2) is 43.2 Å². The van der Waals surface area contributed by atoms with E-state index in [9.17, 15) is 0 Å². The van der Waals surface area contributed by atoms with Crippen LogP contribution in [0.1, 0.15) is 29.9 Å². The zero-order valence-electron chi connectivity index (χ0n) is 15.1. The van der Waals surface area contributed by atoms with Crippen molar-refractivity contribution >= 4 is 0 Å². The molecule has 2 aromatic carbocycles. The molecule has 1 aliphatic carbocycles. The second kappa shape index (κ2) is 7.28. The van der Waals surface area contributed by atoms with E-state index in [0.29, 0.717) is 18.0 Å². The first kappa shape index (κ1) is 16.8. The van der Waals surface area contributed by atoms with Gasteiger partial charge in [-0.2, -0.15) is 0 Å². The Kier molecular flexibility index (Phi) is 4.89. The third-order valence-electron chi connectivity index (χ3n) is 5.62. The minimum Gasteiger partial charge on any atom is -0.326 e. The van der Waals surface area contributed by atoms with E-state index in [1.807, 2.05) is 0 Å². The maximum atomic E-state index is 5.97. The summed E-state index contributed by atoms with van der Waals surface area (Å²) in [6, 6.07) is 18.9. The summed E-state index contributed by atoms with van der Waals surface area (Å²) in [6.07, 6.45) is 2.42. The fourth-order valence-corrected chi connectivity index (χ4v) is 4.01. The van der Waals surface area contributed by atoms with E-state index < -0.39 is 0 Å². The summed E-state index contributed by atoms with van der Waals surface area (Å²) in [5, 5.41) is 3.72. The zero-order chi connectivity index (χ0) is 17.2. The molecule has 2 aliphatic rings. The minimum absolute atomic E-state index is 0.389. The average Bonchev–Trinajstić information content (AvgIpc) is 3.27. The first-order chi connectivity index (χ1) is 12.2. The van der Waals surface area contributed by atoms with Gasteiger partial charge in [0, 0.05) is 37.6 Å². The highest BCUT2D eigenvalue weighted by atomic mass is 15.2. The molecule has 132 valence electrons. The lowest BCUT2D eigenvalue weighted by molar-refractivity contribution is 0.331. The van der Waals surface area contributed by atoms with Crippen molar-refractivity contribution < 1.29 is 0 Å². The summed E-state index contributed by atoms with van der Waals surface area (Å²) < 4.78 is 0. The molecule has 1 aliphatic heterocycles. The highest BCUT2D eigenvalue weighted by Gasteiger charge is 2.37. The Morgan fingerprint density at radius 1 is 1.12 bits per heavy atom. The molecule has 3 atom stereocenters. The van der Waals surface area contributed by atoms with Gasteiger partial charge in [-0.15, -0.1) is 0 Å². The van der Waals surface area contributed by atoms with Crippen LogP contribution >= 0.6 is 0 Å². The van der Waals surface area contributed by atoms with Gasteiger partial charge in [-0.1, -0.05) is 54.1 Å². The molecular weight excluding hydrogens is 306 g/mol. The van der Waals surface area contributed by atoms with Gasteiger partial charge in [0.15, 0.2) is 0 Å². The number of nitrogens with two attached hydrogens (primary N) is 1. The molecule has 3 nitrogen and oxygen atoms in total. The molecule has 0 spiro atoms. The van der Waals surface area contributed by atoms with Crippen molar-refractivity contribution in [1.82, 2.24) is 10.2 Å². The molecule has 2 fully saturated rings. The van der Waals surface area contributed by atoms with Crippen LogP contribution in [0.25, 0.3) is 11.1 Å². The molecule has 0 radical (unpaired) electrons. The normalized spacial score (nSPS) is 26.1. The van der Waals surface area contributed by atoms with E-state index in [-0.39, 0.29) is 0 Å². The Bertz CT molecular complexity index is 709. The van der Waals surface area contributed by atoms with Crippen LogP contribution < -0.4 is 11.1 Å². The van der Waals surface area contributed by atoms with Crippen molar-refractivity contribution in [3.8, 4) is 11.1 Å². The van der Waals surface area contributed by atoms with Gasteiger partial charge in [-0.25, -0.2) is 0 Å². The number of likely N-dealkylation sites (tertiary alicyclic amines) is 1. The molecule has 25 heavy (non-hydrogen) atoms. The molecule has 1 heterocycles. The molecule has 3 heteroatoms. The van der Waals surface area contributed by atoms with Gasteiger partial charge >= 0.3 is 0 Å². The largest absolute Gasteiger partial charge is 0.326 e. The van der Waals surface area contributed by atoms with Crippen molar-refractivity contribution in [2.24, 2.45) is 5.73 Å². The van der Waals surface area contributed by atoms with Gasteiger partial charge < -0.3 is 16.0 Å². The molecule has 4 rings (SSSR count). The van der Waals surface area contributed by atoms with Gasteiger partial charge in [0.05, 0.1) is 0 Å². The molecule has 1 unspecified atom stereocenters. The van der Waals surface area contributed by atoms with Crippen LogP contribution in [0.4, 0.5) is 0 Å². The molecule has 0 bridgehead atoms. The number of aryl methyl sites for hydroxylation is 1. The fraction of sp³-hybridized carbons (Fsp3) is 0.455. The van der Waals surface area contributed by atoms with Crippen molar-refractivity contribution in [3.63, 3.8) is 0 Å². The summed E-state index contributed by atoms with van der Waals surface area (Å²) in [6.45, 7) is 6.58. The first-order valence-electron chi connectivity index (χ1n) is 9.57. The number of rotatable bonds is 6. The summed E-state index contributed by atoms with van der Waals surface area (Å²) in [7, 11) is 0. The first-order valence-corrected chi connectivity index (χ1v) is 9.57. The Hall–Kier alpha value is -1.68. The SMILES string of the molecule is Cc1cccc(-c2ccc(C3C[C@@H]3NCCN3CC[C@@H](N)C3)cc2)c1. The van der Waals surface area contributed by atoms with Gasteiger partial charge in [-0.3, -0.25) is 0 Å². The van der Waals surface area contributed by atoms with Crippen molar-refractivity contribution in [3.05, 3.63) is 59.7 Å². The number of hydrogen-bond donors (Lipinski definition) is 2. The van der Waals surface area contributed by atoms with E-state index in [2.05, 4.69) is 65.7 Å². The molecule has 0 aromatic heterocycles. The van der Waals surface area contributed by atoms with Gasteiger partial charge in [0.2, 0.25) is 0 Å². The molecule has 3 N–H and O–H groups in total. The fourth-order valence-electron chi connectivity index (χ4n) is 4.01. The van der Waals surface area contributed by atoms with Gasteiger partial charge in [-0.05, 0) is 43.0 Å². The van der Waals surface area contributed by atoms with Crippen LogP contribution in [0.3, 0.4) is 0 Å². The molecular formula is C22H29N3. The Balaban J connectivity index is 1.27. The van der Waals surface area contributed by atoms with Crippen LogP contribution in [0.2, 0.25) is 0 Å². The van der Waals surface area contributed by atoms with E-state index in [0.717, 1.165) is 32.6 Å². The van der Waals surface area contributed by atoms with Gasteiger partial charge in [0.25, 0.3) is 0 Å². The number of hydrogen-bond acceptors (Lipinski definition) is 3. The lowest BCUT2D eigenvalue weighted by Crippen LogP contribution is -2.33. The van der Waals surface area contributed by atoms with Crippen LogP contribution in [0.5, 0.6) is 0 Å². The Morgan fingerprint density at radius 2 is 1.96 bits per heavy atom. The van der Waals surface area contributed by atoms with Crippen LogP contribution in [0.15, 0.2) is 48.5 Å². The Labute approximate surface area is 151 Å². The maximum absolute atomic E-state index is 5.97.